The Morgan fingerprint density at radius 1 is 1.45 bits per heavy atom. The first-order chi connectivity index (χ1) is 9.52. The summed E-state index contributed by atoms with van der Waals surface area (Å²) >= 11 is 0. The van der Waals surface area contributed by atoms with Crippen LogP contribution in [0.15, 0.2) is 35.5 Å². The Labute approximate surface area is 119 Å². The number of carbonyl (C=O) groups is 2. The fraction of sp³-hybridized carbons (Fsp3) is 0.500. The third kappa shape index (κ3) is 3.00. The van der Waals surface area contributed by atoms with Crippen LogP contribution in [-0.4, -0.2) is 25.0 Å². The van der Waals surface area contributed by atoms with Gasteiger partial charge >= 0.3 is 5.97 Å². The maximum atomic E-state index is 11.8. The van der Waals surface area contributed by atoms with Crippen molar-refractivity contribution in [3.05, 3.63) is 35.5 Å². The number of allylic oxidation sites excluding steroid dienone is 2. The Morgan fingerprint density at radius 2 is 2.20 bits per heavy atom. The summed E-state index contributed by atoms with van der Waals surface area (Å²) in [5.41, 5.74) is 2.49. The van der Waals surface area contributed by atoms with Crippen molar-refractivity contribution in [3.8, 4) is 0 Å². The zero-order chi connectivity index (χ0) is 14.7. The van der Waals surface area contributed by atoms with Crippen molar-refractivity contribution in [2.45, 2.75) is 38.7 Å². The van der Waals surface area contributed by atoms with Crippen LogP contribution in [0.1, 0.15) is 32.6 Å². The molecule has 1 fully saturated rings. The summed E-state index contributed by atoms with van der Waals surface area (Å²) in [6.45, 7) is 5.87. The number of hydrogen-bond donors (Lipinski definition) is 1. The zero-order valence-electron chi connectivity index (χ0n) is 12.1. The molecule has 1 aliphatic carbocycles. The van der Waals surface area contributed by atoms with Gasteiger partial charge in [0.05, 0.1) is 0 Å². The molecule has 0 radical (unpaired) electrons. The predicted molar refractivity (Wildman–Crippen MR) is 76.9 cm³/mol. The Hall–Kier alpha value is -1.84. The summed E-state index contributed by atoms with van der Waals surface area (Å²) in [5, 5.41) is 2.67. The van der Waals surface area contributed by atoms with E-state index in [4.69, 9.17) is 4.74 Å². The van der Waals surface area contributed by atoms with Gasteiger partial charge in [-0.1, -0.05) is 18.2 Å². The number of likely N-dealkylation sites (N-methyl/N-ethyl adjacent to an activating group) is 1. The monoisotopic (exact) mass is 275 g/mol. The highest BCUT2D eigenvalue weighted by Crippen LogP contribution is 2.34. The summed E-state index contributed by atoms with van der Waals surface area (Å²) in [5.74, 6) is -0.378. The summed E-state index contributed by atoms with van der Waals surface area (Å²) in [6, 6.07) is 0. The zero-order valence-corrected chi connectivity index (χ0v) is 12.1. The second-order valence-electron chi connectivity index (χ2n) is 5.40. The Bertz CT molecular complexity index is 502. The van der Waals surface area contributed by atoms with Gasteiger partial charge in [-0.3, -0.25) is 4.79 Å². The van der Waals surface area contributed by atoms with E-state index in [1.54, 1.807) is 7.05 Å². The van der Waals surface area contributed by atoms with E-state index in [1.807, 2.05) is 19.1 Å². The lowest BCUT2D eigenvalue weighted by molar-refractivity contribution is -0.137. The first kappa shape index (κ1) is 14.6. The van der Waals surface area contributed by atoms with Gasteiger partial charge in [0, 0.05) is 24.1 Å². The quantitative estimate of drug-likeness (QED) is 0.454. The lowest BCUT2D eigenvalue weighted by Crippen LogP contribution is -2.22. The third-order valence-corrected chi connectivity index (χ3v) is 3.97. The molecule has 1 heterocycles. The molecule has 20 heavy (non-hydrogen) atoms. The lowest BCUT2D eigenvalue weighted by Gasteiger charge is -2.18. The van der Waals surface area contributed by atoms with Gasteiger partial charge in [-0.25, -0.2) is 4.79 Å². The average molecular weight is 275 g/mol. The minimum absolute atomic E-state index is 0.0244. The van der Waals surface area contributed by atoms with Gasteiger partial charge in [-0.05, 0) is 38.7 Å². The van der Waals surface area contributed by atoms with Gasteiger partial charge in [0.25, 0.3) is 0 Å². The smallest absolute Gasteiger partial charge is 0.334 e. The van der Waals surface area contributed by atoms with E-state index in [9.17, 15) is 9.59 Å². The normalized spacial score (nSPS) is 32.3. The average Bonchev–Trinajstić information content (AvgIpc) is 2.68. The highest BCUT2D eigenvalue weighted by Gasteiger charge is 2.37. The predicted octanol–water partition coefficient (Wildman–Crippen LogP) is 2.28. The molecule has 1 aliphatic heterocycles. The van der Waals surface area contributed by atoms with Gasteiger partial charge < -0.3 is 10.1 Å². The first-order valence-corrected chi connectivity index (χ1v) is 7.01. The van der Waals surface area contributed by atoms with E-state index < -0.39 is 0 Å². The molecule has 1 amide bonds. The van der Waals surface area contributed by atoms with Crippen molar-refractivity contribution >= 4 is 11.9 Å². The molecule has 0 bridgehead atoms. The van der Waals surface area contributed by atoms with Gasteiger partial charge in [-0.15, -0.1) is 0 Å². The number of ether oxygens (including phenoxy) is 1. The van der Waals surface area contributed by atoms with Crippen LogP contribution in [0.5, 0.6) is 0 Å². The Balaban J connectivity index is 2.24. The van der Waals surface area contributed by atoms with E-state index in [-0.39, 0.29) is 23.9 Å². The molecule has 0 spiro atoms. The van der Waals surface area contributed by atoms with E-state index in [1.165, 1.54) is 5.57 Å². The molecule has 108 valence electrons. The molecular weight excluding hydrogens is 254 g/mol. The highest BCUT2D eigenvalue weighted by molar-refractivity contribution is 5.93. The number of amides is 1. The standard InChI is InChI=1S/C16H21NO3/c1-10-5-4-6-12(15(18)17-3)7-8-13-11(2)16(19)20-14(13)9-10/h6,9,13-14H,2,4-5,7-8H2,1,3H3,(H,17,18)/b10-9-,12-6+/t13-,14-/m1/s1. The fourth-order valence-electron chi connectivity index (χ4n) is 2.74. The van der Waals surface area contributed by atoms with E-state index in [2.05, 4.69) is 11.9 Å². The van der Waals surface area contributed by atoms with Gasteiger partial charge in [0.15, 0.2) is 0 Å². The molecule has 4 nitrogen and oxygen atoms in total. The Morgan fingerprint density at radius 3 is 2.90 bits per heavy atom. The van der Waals surface area contributed by atoms with Crippen molar-refractivity contribution in [1.82, 2.24) is 5.32 Å². The molecule has 4 heteroatoms. The van der Waals surface area contributed by atoms with E-state index >= 15 is 0 Å². The summed E-state index contributed by atoms with van der Waals surface area (Å²) < 4.78 is 5.37. The lowest BCUT2D eigenvalue weighted by atomic mass is 9.87. The number of carbonyl (C=O) groups excluding carboxylic acids is 2. The van der Waals surface area contributed by atoms with Crippen LogP contribution in [0.4, 0.5) is 0 Å². The van der Waals surface area contributed by atoms with Gasteiger partial charge in [-0.2, -0.15) is 0 Å². The molecule has 2 atom stereocenters. The maximum Gasteiger partial charge on any atom is 0.334 e. The molecule has 2 aliphatic rings. The number of hydrogen-bond acceptors (Lipinski definition) is 3. The molecule has 1 saturated heterocycles. The molecule has 0 aromatic rings. The number of fused-ring (bicyclic) bond motifs is 1. The summed E-state index contributed by atoms with van der Waals surface area (Å²) in [6.07, 6.45) is 6.85. The molecule has 0 unspecified atom stereocenters. The second kappa shape index (κ2) is 6.07. The number of esters is 1. The molecule has 0 aromatic heterocycles. The molecule has 0 aromatic carbocycles. The summed E-state index contributed by atoms with van der Waals surface area (Å²) in [7, 11) is 1.64. The van der Waals surface area contributed by atoms with Crippen LogP contribution in [0.25, 0.3) is 0 Å². The van der Waals surface area contributed by atoms with Crippen LogP contribution >= 0.6 is 0 Å². The van der Waals surface area contributed by atoms with Crippen molar-refractivity contribution in [2.75, 3.05) is 7.05 Å². The minimum atomic E-state index is -0.311. The number of rotatable bonds is 1. The van der Waals surface area contributed by atoms with Crippen LogP contribution in [0.2, 0.25) is 0 Å². The SMILES string of the molecule is C=C1C(=O)O[C@@H]2/C=C(/C)CC/C=C(/C(=O)NC)CC[C@H]12. The van der Waals surface area contributed by atoms with E-state index in [0.29, 0.717) is 18.4 Å². The summed E-state index contributed by atoms with van der Waals surface area (Å²) in [4.78, 5) is 23.5. The van der Waals surface area contributed by atoms with Crippen molar-refractivity contribution in [1.29, 1.82) is 0 Å². The van der Waals surface area contributed by atoms with E-state index in [0.717, 1.165) is 18.4 Å². The topological polar surface area (TPSA) is 55.4 Å². The highest BCUT2D eigenvalue weighted by atomic mass is 16.5. The molecule has 1 N–H and O–H groups in total. The van der Waals surface area contributed by atoms with Gasteiger partial charge in [0.1, 0.15) is 6.10 Å². The van der Waals surface area contributed by atoms with Crippen LogP contribution in [-0.2, 0) is 14.3 Å². The van der Waals surface area contributed by atoms with Crippen LogP contribution < -0.4 is 5.32 Å². The van der Waals surface area contributed by atoms with Crippen molar-refractivity contribution < 1.29 is 14.3 Å². The molecule has 0 saturated carbocycles. The van der Waals surface area contributed by atoms with Crippen LogP contribution in [0, 0.1) is 5.92 Å². The van der Waals surface area contributed by atoms with Crippen LogP contribution in [0.3, 0.4) is 0 Å². The number of nitrogens with one attached hydrogen (secondary N) is 1. The second-order valence-corrected chi connectivity index (χ2v) is 5.40. The van der Waals surface area contributed by atoms with Crippen molar-refractivity contribution in [3.63, 3.8) is 0 Å². The van der Waals surface area contributed by atoms with Gasteiger partial charge in [0.2, 0.25) is 5.91 Å². The Kier molecular flexibility index (Phi) is 4.42. The molecule has 2 rings (SSSR count). The minimum Gasteiger partial charge on any atom is -0.454 e. The third-order valence-electron chi connectivity index (χ3n) is 3.97. The first-order valence-electron chi connectivity index (χ1n) is 7.01. The maximum absolute atomic E-state index is 11.8. The fourth-order valence-corrected chi connectivity index (χ4v) is 2.74. The molecular formula is C16H21NO3. The largest absolute Gasteiger partial charge is 0.454 e. The van der Waals surface area contributed by atoms with Crippen molar-refractivity contribution in [2.24, 2.45) is 5.92 Å².